The fourth-order valence-corrected chi connectivity index (χ4v) is 3.23. The molecule has 0 heterocycles. The molecule has 0 aromatic carbocycles. The van der Waals surface area contributed by atoms with Crippen molar-refractivity contribution in [3.8, 4) is 0 Å². The third kappa shape index (κ3) is 2.73. The fourth-order valence-electron chi connectivity index (χ4n) is 3.23. The van der Waals surface area contributed by atoms with Crippen molar-refractivity contribution in [2.75, 3.05) is 7.05 Å². The number of rotatable bonds is 5. The van der Waals surface area contributed by atoms with E-state index in [1.54, 1.807) is 0 Å². The van der Waals surface area contributed by atoms with E-state index in [4.69, 9.17) is 0 Å². The van der Waals surface area contributed by atoms with Crippen molar-refractivity contribution in [3.05, 3.63) is 0 Å². The van der Waals surface area contributed by atoms with Crippen molar-refractivity contribution in [1.29, 1.82) is 0 Å². The normalized spacial score (nSPS) is 24.8. The van der Waals surface area contributed by atoms with Gasteiger partial charge in [-0.25, -0.2) is 0 Å². The molecule has 0 aromatic rings. The van der Waals surface area contributed by atoms with E-state index < -0.39 is 5.60 Å². The molecule has 0 aromatic heterocycles. The molecule has 1 aliphatic rings. The molecule has 90 valence electrons. The van der Waals surface area contributed by atoms with Crippen LogP contribution in [0.15, 0.2) is 0 Å². The highest BCUT2D eigenvalue weighted by Gasteiger charge is 2.40. The van der Waals surface area contributed by atoms with Crippen LogP contribution in [0.25, 0.3) is 0 Å². The molecule has 0 aliphatic heterocycles. The summed E-state index contributed by atoms with van der Waals surface area (Å²) in [5, 5.41) is 14.1. The molecule has 1 fully saturated rings. The molecule has 0 bridgehead atoms. The quantitative estimate of drug-likeness (QED) is 0.736. The first-order valence-corrected chi connectivity index (χ1v) is 6.58. The summed E-state index contributed by atoms with van der Waals surface area (Å²) >= 11 is 0. The monoisotopic (exact) mass is 213 g/mol. The molecule has 2 nitrogen and oxygen atoms in total. The molecule has 2 heteroatoms. The molecule has 1 saturated carbocycles. The lowest BCUT2D eigenvalue weighted by Gasteiger charge is -2.43. The van der Waals surface area contributed by atoms with Crippen LogP contribution in [0.1, 0.15) is 58.8 Å². The summed E-state index contributed by atoms with van der Waals surface area (Å²) in [6, 6.07) is 0.255. The van der Waals surface area contributed by atoms with E-state index in [2.05, 4.69) is 19.2 Å². The summed E-state index contributed by atoms with van der Waals surface area (Å²) in [7, 11) is 1.97. The zero-order valence-electron chi connectivity index (χ0n) is 10.6. The molecule has 0 saturated heterocycles. The Kier molecular flexibility index (Phi) is 5.07. The van der Waals surface area contributed by atoms with Gasteiger partial charge in [0.2, 0.25) is 0 Å². The molecule has 15 heavy (non-hydrogen) atoms. The molecule has 2 N–H and O–H groups in total. The summed E-state index contributed by atoms with van der Waals surface area (Å²) in [6.07, 6.45) is 8.26. The van der Waals surface area contributed by atoms with Gasteiger partial charge in [-0.1, -0.05) is 33.1 Å². The van der Waals surface area contributed by atoms with Crippen molar-refractivity contribution in [2.24, 2.45) is 5.92 Å². The standard InChI is InChI=1S/C13H27NO/c1-4-12(14-3)13(15,5-2)11-9-7-6-8-10-11/h11-12,14-15H,4-10H2,1-3H3/t12?,13-/m0/s1. The molecule has 0 spiro atoms. The van der Waals surface area contributed by atoms with Crippen LogP contribution in [-0.2, 0) is 0 Å². The Morgan fingerprint density at radius 3 is 2.27 bits per heavy atom. The predicted octanol–water partition coefficient (Wildman–Crippen LogP) is 2.71. The van der Waals surface area contributed by atoms with E-state index in [1.165, 1.54) is 32.1 Å². The molecular formula is C13H27NO. The number of hydrogen-bond acceptors (Lipinski definition) is 2. The van der Waals surface area contributed by atoms with Gasteiger partial charge < -0.3 is 10.4 Å². The molecule has 0 radical (unpaired) electrons. The van der Waals surface area contributed by atoms with E-state index in [0.717, 1.165) is 12.8 Å². The van der Waals surface area contributed by atoms with Crippen LogP contribution in [0.3, 0.4) is 0 Å². The first-order chi connectivity index (χ1) is 7.19. The van der Waals surface area contributed by atoms with Crippen LogP contribution in [0.5, 0.6) is 0 Å². The smallest absolute Gasteiger partial charge is 0.0825 e. The number of aliphatic hydroxyl groups is 1. The Labute approximate surface area is 94.5 Å². The van der Waals surface area contributed by atoms with Crippen LogP contribution >= 0.6 is 0 Å². The lowest BCUT2D eigenvalue weighted by atomic mass is 9.71. The second kappa shape index (κ2) is 5.86. The van der Waals surface area contributed by atoms with Crippen molar-refractivity contribution >= 4 is 0 Å². The third-order valence-corrected chi connectivity index (χ3v) is 4.24. The van der Waals surface area contributed by atoms with Gasteiger partial charge in [-0.3, -0.25) is 0 Å². The SMILES string of the molecule is CCC(NC)[C@](O)(CC)C1CCCCC1. The summed E-state index contributed by atoms with van der Waals surface area (Å²) < 4.78 is 0. The van der Waals surface area contributed by atoms with Gasteiger partial charge in [-0.2, -0.15) is 0 Å². The van der Waals surface area contributed by atoms with Crippen LogP contribution in [0.2, 0.25) is 0 Å². The average Bonchev–Trinajstić information content (AvgIpc) is 2.31. The minimum Gasteiger partial charge on any atom is -0.388 e. The molecular weight excluding hydrogens is 186 g/mol. The van der Waals surface area contributed by atoms with E-state index >= 15 is 0 Å². The van der Waals surface area contributed by atoms with Gasteiger partial charge in [0.25, 0.3) is 0 Å². The Bertz CT molecular complexity index is 173. The maximum absolute atomic E-state index is 10.8. The first-order valence-electron chi connectivity index (χ1n) is 6.58. The molecule has 1 unspecified atom stereocenters. The largest absolute Gasteiger partial charge is 0.388 e. The van der Waals surface area contributed by atoms with Gasteiger partial charge in [-0.05, 0) is 38.6 Å². The topological polar surface area (TPSA) is 32.3 Å². The second-order valence-electron chi connectivity index (χ2n) is 4.93. The van der Waals surface area contributed by atoms with Crippen molar-refractivity contribution in [3.63, 3.8) is 0 Å². The second-order valence-corrected chi connectivity index (χ2v) is 4.93. The van der Waals surface area contributed by atoms with Crippen LogP contribution < -0.4 is 5.32 Å². The number of hydrogen-bond donors (Lipinski definition) is 2. The first kappa shape index (κ1) is 13.0. The highest BCUT2D eigenvalue weighted by molar-refractivity contribution is 4.95. The van der Waals surface area contributed by atoms with E-state index in [9.17, 15) is 5.11 Å². The number of nitrogens with one attached hydrogen (secondary N) is 1. The Morgan fingerprint density at radius 1 is 1.27 bits per heavy atom. The number of likely N-dealkylation sites (N-methyl/N-ethyl adjacent to an activating group) is 1. The van der Waals surface area contributed by atoms with Gasteiger partial charge >= 0.3 is 0 Å². The Morgan fingerprint density at radius 2 is 1.87 bits per heavy atom. The lowest BCUT2D eigenvalue weighted by molar-refractivity contribution is -0.0657. The Balaban J connectivity index is 2.71. The van der Waals surface area contributed by atoms with Crippen LogP contribution in [0.4, 0.5) is 0 Å². The predicted molar refractivity (Wildman–Crippen MR) is 65.0 cm³/mol. The van der Waals surface area contributed by atoms with Crippen LogP contribution in [0, 0.1) is 5.92 Å². The molecule has 2 atom stereocenters. The van der Waals surface area contributed by atoms with E-state index in [1.807, 2.05) is 7.05 Å². The Hall–Kier alpha value is -0.0800. The van der Waals surface area contributed by atoms with Crippen LogP contribution in [-0.4, -0.2) is 23.8 Å². The molecule has 0 amide bonds. The zero-order chi connectivity index (χ0) is 11.3. The minimum absolute atomic E-state index is 0.255. The summed E-state index contributed by atoms with van der Waals surface area (Å²) in [4.78, 5) is 0. The van der Waals surface area contributed by atoms with Gasteiger partial charge in [0.1, 0.15) is 0 Å². The lowest BCUT2D eigenvalue weighted by Crippen LogP contribution is -2.54. The maximum atomic E-state index is 10.8. The van der Waals surface area contributed by atoms with Crippen molar-refractivity contribution in [1.82, 2.24) is 5.32 Å². The van der Waals surface area contributed by atoms with Gasteiger partial charge in [0.05, 0.1) is 5.60 Å². The van der Waals surface area contributed by atoms with Crippen molar-refractivity contribution < 1.29 is 5.11 Å². The minimum atomic E-state index is -0.482. The highest BCUT2D eigenvalue weighted by Crippen LogP contribution is 2.37. The molecule has 1 aliphatic carbocycles. The molecule has 1 rings (SSSR count). The summed E-state index contributed by atoms with van der Waals surface area (Å²) in [5.41, 5.74) is -0.482. The zero-order valence-corrected chi connectivity index (χ0v) is 10.6. The maximum Gasteiger partial charge on any atom is 0.0825 e. The average molecular weight is 213 g/mol. The third-order valence-electron chi connectivity index (χ3n) is 4.24. The summed E-state index contributed by atoms with van der Waals surface area (Å²) in [6.45, 7) is 4.28. The van der Waals surface area contributed by atoms with Gasteiger partial charge in [-0.15, -0.1) is 0 Å². The van der Waals surface area contributed by atoms with Crippen molar-refractivity contribution in [2.45, 2.75) is 70.4 Å². The summed E-state index contributed by atoms with van der Waals surface area (Å²) in [5.74, 6) is 0.508. The van der Waals surface area contributed by atoms with E-state index in [0.29, 0.717) is 5.92 Å². The van der Waals surface area contributed by atoms with Gasteiger partial charge in [0, 0.05) is 6.04 Å². The van der Waals surface area contributed by atoms with E-state index in [-0.39, 0.29) is 6.04 Å². The fraction of sp³-hybridized carbons (Fsp3) is 1.00. The highest BCUT2D eigenvalue weighted by atomic mass is 16.3. The van der Waals surface area contributed by atoms with Gasteiger partial charge in [0.15, 0.2) is 0 Å².